The van der Waals surface area contributed by atoms with Crippen molar-refractivity contribution in [1.29, 1.82) is 0 Å². The monoisotopic (exact) mass is 500 g/mol. The number of thioether (sulfide) groups is 1. The number of carbonyl (C=O) groups is 1. The lowest BCUT2D eigenvalue weighted by Gasteiger charge is -2.34. The Bertz CT molecular complexity index is 1180. The second-order valence-electron chi connectivity index (χ2n) is 7.98. The lowest BCUT2D eigenvalue weighted by molar-refractivity contribution is 0.0985. The van der Waals surface area contributed by atoms with Crippen molar-refractivity contribution in [2.24, 2.45) is 0 Å². The van der Waals surface area contributed by atoms with Gasteiger partial charge in [0.15, 0.2) is 0 Å². The molecule has 2 aliphatic heterocycles. The van der Waals surface area contributed by atoms with Crippen LogP contribution in [0.15, 0.2) is 53.7 Å². The van der Waals surface area contributed by atoms with Gasteiger partial charge in [-0.05, 0) is 49.5 Å². The summed E-state index contributed by atoms with van der Waals surface area (Å²) in [6.45, 7) is 4.19. The van der Waals surface area contributed by atoms with Gasteiger partial charge in [-0.1, -0.05) is 35.0 Å². The topological polar surface area (TPSA) is 64.6 Å². The molecule has 1 fully saturated rings. The fraction of sp³-hybridized carbons (Fsp3) is 0.261. The van der Waals surface area contributed by atoms with E-state index in [4.69, 9.17) is 23.2 Å². The number of hydrogen-bond acceptors (Lipinski definition) is 7. The van der Waals surface area contributed by atoms with Crippen LogP contribution in [0.1, 0.15) is 10.4 Å². The van der Waals surface area contributed by atoms with Crippen LogP contribution < -0.4 is 15.1 Å². The van der Waals surface area contributed by atoms with Gasteiger partial charge in [0.25, 0.3) is 5.91 Å². The summed E-state index contributed by atoms with van der Waals surface area (Å²) in [5, 5.41) is 4.87. The van der Waals surface area contributed by atoms with E-state index in [-0.39, 0.29) is 5.91 Å². The van der Waals surface area contributed by atoms with Crippen LogP contribution in [0.5, 0.6) is 0 Å². The summed E-state index contributed by atoms with van der Waals surface area (Å²) in [7, 11) is 2.15. The summed E-state index contributed by atoms with van der Waals surface area (Å²) in [5.41, 5.74) is 3.13. The number of amides is 1. The highest BCUT2D eigenvalue weighted by atomic mass is 35.5. The number of nitrogens with zero attached hydrogens (tertiary/aromatic N) is 5. The predicted molar refractivity (Wildman–Crippen MR) is 135 cm³/mol. The molecule has 0 spiro atoms. The molecule has 0 saturated carbocycles. The third-order valence-electron chi connectivity index (χ3n) is 5.75. The van der Waals surface area contributed by atoms with E-state index in [2.05, 4.69) is 44.3 Å². The van der Waals surface area contributed by atoms with Crippen molar-refractivity contribution >= 4 is 63.9 Å². The molecule has 0 atom stereocenters. The first kappa shape index (κ1) is 22.3. The molecular formula is C23H22Cl2N6OS. The van der Waals surface area contributed by atoms with Crippen LogP contribution in [0.25, 0.3) is 0 Å². The highest BCUT2D eigenvalue weighted by molar-refractivity contribution is 7.99. The van der Waals surface area contributed by atoms with E-state index in [1.165, 1.54) is 17.4 Å². The molecule has 3 heterocycles. The lowest BCUT2D eigenvalue weighted by Crippen LogP contribution is -2.44. The molecule has 3 aromatic rings. The molecule has 0 unspecified atom stereocenters. The van der Waals surface area contributed by atoms with Gasteiger partial charge in [-0.25, -0.2) is 9.97 Å². The molecule has 0 aliphatic carbocycles. The Balaban J connectivity index is 1.30. The Kier molecular flexibility index (Phi) is 6.34. The second-order valence-corrected chi connectivity index (χ2v) is 9.75. The van der Waals surface area contributed by atoms with Gasteiger partial charge in [-0.15, -0.1) is 0 Å². The maximum absolute atomic E-state index is 13.1. The van der Waals surface area contributed by atoms with Crippen LogP contribution >= 0.6 is 35.0 Å². The SMILES string of the molecule is CN1CCN(c2ccc(Nc3ncc4c(n3)SCN(c3cc(Cl)ccc3Cl)C4=O)cc2)CC1. The van der Waals surface area contributed by atoms with Gasteiger partial charge in [0, 0.05) is 48.8 Å². The van der Waals surface area contributed by atoms with Crippen molar-refractivity contribution < 1.29 is 4.79 Å². The normalized spacial score (nSPS) is 16.6. The van der Waals surface area contributed by atoms with E-state index < -0.39 is 0 Å². The molecule has 0 bridgehead atoms. The number of carbonyl (C=O) groups excluding carboxylic acids is 1. The van der Waals surface area contributed by atoms with E-state index in [9.17, 15) is 4.79 Å². The number of fused-ring (bicyclic) bond motifs is 1. The van der Waals surface area contributed by atoms with Crippen LogP contribution in [0.4, 0.5) is 23.0 Å². The van der Waals surface area contributed by atoms with Crippen LogP contribution in [-0.4, -0.2) is 59.9 Å². The van der Waals surface area contributed by atoms with E-state index in [1.807, 2.05) is 12.1 Å². The van der Waals surface area contributed by atoms with E-state index in [0.717, 1.165) is 31.9 Å². The first-order valence-electron chi connectivity index (χ1n) is 10.6. The summed E-state index contributed by atoms with van der Waals surface area (Å²) in [6.07, 6.45) is 1.56. The van der Waals surface area contributed by atoms with Gasteiger partial charge in [0.2, 0.25) is 5.95 Å². The number of likely N-dealkylation sites (N-methyl/N-ethyl adjacent to an activating group) is 1. The van der Waals surface area contributed by atoms with Crippen LogP contribution in [0.3, 0.4) is 0 Å². The third-order valence-corrected chi connectivity index (χ3v) is 7.28. The van der Waals surface area contributed by atoms with Crippen LogP contribution in [-0.2, 0) is 0 Å². The molecule has 170 valence electrons. The van der Waals surface area contributed by atoms with E-state index in [0.29, 0.717) is 38.1 Å². The van der Waals surface area contributed by atoms with Gasteiger partial charge in [0.1, 0.15) is 5.03 Å². The Hall–Kier alpha value is -2.52. The summed E-state index contributed by atoms with van der Waals surface area (Å²) in [5.74, 6) is 0.647. The van der Waals surface area contributed by atoms with Crippen molar-refractivity contribution in [2.75, 3.05) is 54.2 Å². The Labute approximate surface area is 206 Å². The number of benzene rings is 2. The summed E-state index contributed by atoms with van der Waals surface area (Å²) in [6, 6.07) is 13.3. The average molecular weight is 501 g/mol. The number of anilines is 4. The molecule has 33 heavy (non-hydrogen) atoms. The minimum Gasteiger partial charge on any atom is -0.369 e. The zero-order valence-electron chi connectivity index (χ0n) is 18.0. The van der Waals surface area contributed by atoms with Crippen molar-refractivity contribution in [3.63, 3.8) is 0 Å². The standard InChI is InChI=1S/C23H22Cl2N6OS/c1-29-8-10-30(11-9-29)17-5-3-16(4-6-17)27-23-26-13-18-21(28-23)33-14-31(22(18)32)20-12-15(24)2-7-19(20)25/h2-7,12-13H,8-11,14H2,1H3,(H,26,27,28). The van der Waals surface area contributed by atoms with Gasteiger partial charge in [-0.3, -0.25) is 9.69 Å². The van der Waals surface area contributed by atoms with Gasteiger partial charge >= 0.3 is 0 Å². The predicted octanol–water partition coefficient (Wildman–Crippen LogP) is 4.99. The smallest absolute Gasteiger partial charge is 0.263 e. The molecule has 5 rings (SSSR count). The van der Waals surface area contributed by atoms with Crippen LogP contribution in [0.2, 0.25) is 10.0 Å². The van der Waals surface area contributed by atoms with E-state index >= 15 is 0 Å². The highest BCUT2D eigenvalue weighted by Crippen LogP contribution is 2.36. The minimum absolute atomic E-state index is 0.198. The molecular weight excluding hydrogens is 479 g/mol. The molecule has 1 aromatic heterocycles. The number of hydrogen-bond donors (Lipinski definition) is 1. The first-order valence-corrected chi connectivity index (χ1v) is 12.3. The Morgan fingerprint density at radius 2 is 1.79 bits per heavy atom. The number of halogens is 2. The quantitative estimate of drug-likeness (QED) is 0.506. The van der Waals surface area contributed by atoms with Crippen molar-refractivity contribution in [2.45, 2.75) is 5.03 Å². The largest absolute Gasteiger partial charge is 0.369 e. The van der Waals surface area contributed by atoms with Crippen molar-refractivity contribution in [3.05, 3.63) is 64.3 Å². The Morgan fingerprint density at radius 3 is 2.55 bits per heavy atom. The van der Waals surface area contributed by atoms with E-state index in [1.54, 1.807) is 29.3 Å². The Morgan fingerprint density at radius 1 is 1.03 bits per heavy atom. The summed E-state index contributed by atoms with van der Waals surface area (Å²) < 4.78 is 0. The van der Waals surface area contributed by atoms with Crippen molar-refractivity contribution in [3.8, 4) is 0 Å². The van der Waals surface area contributed by atoms with Gasteiger partial charge in [0.05, 0.1) is 22.2 Å². The number of rotatable bonds is 4. The minimum atomic E-state index is -0.198. The number of piperazine rings is 1. The molecule has 1 saturated heterocycles. The van der Waals surface area contributed by atoms with Gasteiger partial charge in [-0.2, -0.15) is 0 Å². The summed E-state index contributed by atoms with van der Waals surface area (Å²) >= 11 is 13.9. The molecule has 1 amide bonds. The molecule has 7 nitrogen and oxygen atoms in total. The average Bonchev–Trinajstić information content (AvgIpc) is 2.82. The number of aromatic nitrogens is 2. The lowest BCUT2D eigenvalue weighted by atomic mass is 10.2. The third kappa shape index (κ3) is 4.75. The zero-order chi connectivity index (χ0) is 22.9. The maximum atomic E-state index is 13.1. The molecule has 1 N–H and O–H groups in total. The first-order chi connectivity index (χ1) is 16.0. The fourth-order valence-corrected chi connectivity index (χ4v) is 5.17. The second kappa shape index (κ2) is 9.38. The molecule has 2 aliphatic rings. The summed E-state index contributed by atoms with van der Waals surface area (Å²) in [4.78, 5) is 28.3. The maximum Gasteiger partial charge on any atom is 0.263 e. The van der Waals surface area contributed by atoms with Crippen molar-refractivity contribution in [1.82, 2.24) is 14.9 Å². The van der Waals surface area contributed by atoms with Crippen LogP contribution in [0, 0.1) is 0 Å². The van der Waals surface area contributed by atoms with Gasteiger partial charge < -0.3 is 15.1 Å². The highest BCUT2D eigenvalue weighted by Gasteiger charge is 2.29. The molecule has 0 radical (unpaired) electrons. The molecule has 10 heteroatoms. The number of nitrogens with one attached hydrogen (secondary N) is 1. The fourth-order valence-electron chi connectivity index (χ4n) is 3.83. The molecule has 2 aromatic carbocycles. The zero-order valence-corrected chi connectivity index (χ0v) is 20.3.